The monoisotopic (exact) mass is 300 g/mol. The van der Waals surface area contributed by atoms with Crippen LogP contribution in [0.2, 0.25) is 0 Å². The Hall–Kier alpha value is -1.14. The van der Waals surface area contributed by atoms with E-state index in [1.165, 1.54) is 4.90 Å². The lowest BCUT2D eigenvalue weighted by Crippen LogP contribution is -2.35. The van der Waals surface area contributed by atoms with Gasteiger partial charge in [-0.2, -0.15) is 0 Å². The summed E-state index contributed by atoms with van der Waals surface area (Å²) in [5.74, 6) is 0. The third kappa shape index (κ3) is 2.14. The van der Waals surface area contributed by atoms with Gasteiger partial charge in [-0.1, -0.05) is 6.07 Å². The van der Waals surface area contributed by atoms with Gasteiger partial charge >= 0.3 is 6.09 Å². The Morgan fingerprint density at radius 2 is 2.41 bits per heavy atom. The van der Waals surface area contributed by atoms with Crippen molar-refractivity contribution in [3.63, 3.8) is 0 Å². The third-order valence-electron chi connectivity index (χ3n) is 3.10. The van der Waals surface area contributed by atoms with Gasteiger partial charge in [-0.25, -0.2) is 9.78 Å². The Labute approximate surface area is 107 Å². The maximum atomic E-state index is 11.0. The molecule has 0 aromatic carbocycles. The molecule has 1 aliphatic heterocycles. The SMILES string of the molecule is C[C@H]1CC(O)(c2cccnc2Br)CN1C(=O)O. The van der Waals surface area contributed by atoms with Crippen LogP contribution in [0.15, 0.2) is 22.9 Å². The number of nitrogens with zero attached hydrogens (tertiary/aromatic N) is 2. The van der Waals surface area contributed by atoms with Crippen molar-refractivity contribution in [1.82, 2.24) is 9.88 Å². The summed E-state index contributed by atoms with van der Waals surface area (Å²) in [6, 6.07) is 3.28. The minimum Gasteiger partial charge on any atom is -0.465 e. The average molecular weight is 301 g/mol. The van der Waals surface area contributed by atoms with Crippen molar-refractivity contribution in [2.45, 2.75) is 25.0 Å². The maximum Gasteiger partial charge on any atom is 0.407 e. The fourth-order valence-electron chi connectivity index (χ4n) is 2.29. The van der Waals surface area contributed by atoms with Gasteiger partial charge in [0.05, 0.1) is 6.54 Å². The second-order valence-electron chi connectivity index (χ2n) is 4.34. The molecule has 17 heavy (non-hydrogen) atoms. The van der Waals surface area contributed by atoms with Gasteiger partial charge in [-0.05, 0) is 28.9 Å². The molecule has 6 heteroatoms. The summed E-state index contributed by atoms with van der Waals surface area (Å²) in [6.07, 6.45) is 0.988. The summed E-state index contributed by atoms with van der Waals surface area (Å²) >= 11 is 3.28. The Bertz CT molecular complexity index is 454. The zero-order chi connectivity index (χ0) is 12.6. The molecule has 0 saturated carbocycles. The lowest BCUT2D eigenvalue weighted by Gasteiger charge is -2.23. The highest BCUT2D eigenvalue weighted by Gasteiger charge is 2.45. The molecule has 2 atom stereocenters. The lowest BCUT2D eigenvalue weighted by molar-refractivity contribution is 0.0447. The molecule has 0 bridgehead atoms. The van der Waals surface area contributed by atoms with Crippen LogP contribution >= 0.6 is 15.9 Å². The minimum atomic E-state index is -1.16. The number of rotatable bonds is 1. The number of aliphatic hydroxyl groups is 1. The normalized spacial score (nSPS) is 28.4. The fraction of sp³-hybridized carbons (Fsp3) is 0.455. The molecule has 1 aliphatic rings. The first-order valence-electron chi connectivity index (χ1n) is 5.27. The maximum absolute atomic E-state index is 11.0. The van der Waals surface area contributed by atoms with Crippen molar-refractivity contribution < 1.29 is 15.0 Å². The summed E-state index contributed by atoms with van der Waals surface area (Å²) in [6.45, 7) is 1.87. The molecule has 2 N–H and O–H groups in total. The zero-order valence-electron chi connectivity index (χ0n) is 9.30. The van der Waals surface area contributed by atoms with Crippen LogP contribution in [0, 0.1) is 0 Å². The first kappa shape index (κ1) is 12.3. The molecule has 0 aliphatic carbocycles. The quantitative estimate of drug-likeness (QED) is 0.776. The van der Waals surface area contributed by atoms with E-state index in [1.54, 1.807) is 25.3 Å². The number of β-amino-alcohol motifs (C(OH)–C–C–N with tert-alkyl or cyclic N) is 1. The molecular formula is C11H13BrN2O3. The molecule has 2 heterocycles. The highest BCUT2D eigenvalue weighted by Crippen LogP contribution is 2.38. The van der Waals surface area contributed by atoms with E-state index in [0.29, 0.717) is 16.6 Å². The van der Waals surface area contributed by atoms with Crippen LogP contribution in [0.5, 0.6) is 0 Å². The standard InChI is InChI=1S/C11H13BrN2O3/c1-7-5-11(17,6-14(7)10(15)16)8-3-2-4-13-9(8)12/h2-4,7,17H,5-6H2,1H3,(H,15,16)/t7-,11?/m0/s1. The van der Waals surface area contributed by atoms with Gasteiger partial charge in [0.1, 0.15) is 10.2 Å². The predicted octanol–water partition coefficient (Wildman–Crippen LogP) is 1.80. The van der Waals surface area contributed by atoms with Crippen molar-refractivity contribution >= 4 is 22.0 Å². The van der Waals surface area contributed by atoms with Gasteiger partial charge in [-0.3, -0.25) is 0 Å². The van der Waals surface area contributed by atoms with Crippen LogP contribution < -0.4 is 0 Å². The van der Waals surface area contributed by atoms with E-state index in [4.69, 9.17) is 5.11 Å². The first-order valence-corrected chi connectivity index (χ1v) is 6.06. The van der Waals surface area contributed by atoms with Gasteiger partial charge in [0.2, 0.25) is 0 Å². The van der Waals surface area contributed by atoms with Crippen LogP contribution in [-0.2, 0) is 5.60 Å². The highest BCUT2D eigenvalue weighted by molar-refractivity contribution is 9.10. The summed E-state index contributed by atoms with van der Waals surface area (Å²) < 4.78 is 0.557. The lowest BCUT2D eigenvalue weighted by atomic mass is 9.93. The average Bonchev–Trinajstić information content (AvgIpc) is 2.56. The van der Waals surface area contributed by atoms with Gasteiger partial charge in [0, 0.05) is 24.2 Å². The molecule has 2 rings (SSSR count). The van der Waals surface area contributed by atoms with Crippen LogP contribution in [0.3, 0.4) is 0 Å². The molecule has 0 radical (unpaired) electrons. The second kappa shape index (κ2) is 4.27. The fourth-order valence-corrected chi connectivity index (χ4v) is 2.90. The number of hydrogen-bond donors (Lipinski definition) is 2. The Morgan fingerprint density at radius 1 is 1.71 bits per heavy atom. The predicted molar refractivity (Wildman–Crippen MR) is 64.6 cm³/mol. The number of amides is 1. The summed E-state index contributed by atoms with van der Waals surface area (Å²) in [4.78, 5) is 16.3. The largest absolute Gasteiger partial charge is 0.465 e. The van der Waals surface area contributed by atoms with Gasteiger partial charge < -0.3 is 15.1 Å². The van der Waals surface area contributed by atoms with Crippen LogP contribution in [-0.4, -0.2) is 38.8 Å². The number of hydrogen-bond acceptors (Lipinski definition) is 3. The number of likely N-dealkylation sites (tertiary alicyclic amines) is 1. The molecule has 1 unspecified atom stereocenters. The molecular weight excluding hydrogens is 288 g/mol. The van der Waals surface area contributed by atoms with Crippen molar-refractivity contribution in [3.05, 3.63) is 28.5 Å². The van der Waals surface area contributed by atoms with E-state index < -0.39 is 11.7 Å². The van der Waals surface area contributed by atoms with E-state index in [9.17, 15) is 9.90 Å². The van der Waals surface area contributed by atoms with E-state index in [-0.39, 0.29) is 12.6 Å². The Balaban J connectivity index is 2.34. The number of aromatic nitrogens is 1. The minimum absolute atomic E-state index is 0.0772. The topological polar surface area (TPSA) is 73.7 Å². The third-order valence-corrected chi connectivity index (χ3v) is 3.74. The zero-order valence-corrected chi connectivity index (χ0v) is 10.9. The van der Waals surface area contributed by atoms with Crippen molar-refractivity contribution in [2.24, 2.45) is 0 Å². The van der Waals surface area contributed by atoms with Crippen LogP contribution in [0.25, 0.3) is 0 Å². The molecule has 92 valence electrons. The molecule has 1 aromatic heterocycles. The van der Waals surface area contributed by atoms with E-state index >= 15 is 0 Å². The number of carboxylic acid groups (broad SMARTS) is 1. The number of halogens is 1. The summed E-state index contributed by atoms with van der Waals surface area (Å²) in [7, 11) is 0. The van der Waals surface area contributed by atoms with Crippen molar-refractivity contribution in [2.75, 3.05) is 6.54 Å². The Kier molecular flexibility index (Phi) is 3.09. The van der Waals surface area contributed by atoms with Crippen molar-refractivity contribution in [1.29, 1.82) is 0 Å². The number of carbonyl (C=O) groups is 1. The van der Waals surface area contributed by atoms with E-state index in [2.05, 4.69) is 20.9 Å². The number of pyridine rings is 1. The van der Waals surface area contributed by atoms with E-state index in [0.717, 1.165) is 0 Å². The smallest absolute Gasteiger partial charge is 0.407 e. The van der Waals surface area contributed by atoms with Crippen LogP contribution in [0.1, 0.15) is 18.9 Å². The molecule has 0 spiro atoms. The summed E-state index contributed by atoms with van der Waals surface area (Å²) in [5.41, 5.74) is -0.527. The van der Waals surface area contributed by atoms with Gasteiger partial charge in [-0.15, -0.1) is 0 Å². The highest BCUT2D eigenvalue weighted by atomic mass is 79.9. The van der Waals surface area contributed by atoms with Crippen LogP contribution in [0.4, 0.5) is 4.79 Å². The van der Waals surface area contributed by atoms with Gasteiger partial charge in [0.25, 0.3) is 0 Å². The molecule has 1 amide bonds. The van der Waals surface area contributed by atoms with E-state index in [1.807, 2.05) is 0 Å². The molecule has 1 fully saturated rings. The summed E-state index contributed by atoms with van der Waals surface area (Å²) in [5, 5.41) is 19.6. The first-order chi connectivity index (χ1) is 7.94. The Morgan fingerprint density at radius 3 is 2.94 bits per heavy atom. The molecule has 1 aromatic rings. The van der Waals surface area contributed by atoms with Gasteiger partial charge in [0.15, 0.2) is 0 Å². The molecule has 1 saturated heterocycles. The van der Waals surface area contributed by atoms with Crippen molar-refractivity contribution in [3.8, 4) is 0 Å². The second-order valence-corrected chi connectivity index (χ2v) is 5.09. The molecule has 5 nitrogen and oxygen atoms in total.